The summed E-state index contributed by atoms with van der Waals surface area (Å²) in [6.07, 6.45) is 13.5. The summed E-state index contributed by atoms with van der Waals surface area (Å²) in [5.41, 5.74) is 1.87. The van der Waals surface area contributed by atoms with Crippen molar-refractivity contribution in [3.05, 3.63) is 85.6 Å². The third kappa shape index (κ3) is 3.92. The quantitative estimate of drug-likeness (QED) is 0.460. The Hall–Kier alpha value is -2.68. The number of rotatable bonds is 7. The summed E-state index contributed by atoms with van der Waals surface area (Å²) in [5.74, 6) is 0.507. The highest BCUT2D eigenvalue weighted by Gasteiger charge is 2.12. The van der Waals surface area contributed by atoms with Crippen LogP contribution in [-0.4, -0.2) is 15.8 Å². The molecule has 1 heterocycles. The van der Waals surface area contributed by atoms with Crippen LogP contribution in [0.5, 0.6) is 0 Å². The maximum absolute atomic E-state index is 12.1. The van der Waals surface area contributed by atoms with Gasteiger partial charge in [0.05, 0.1) is 6.20 Å². The molecule has 102 valence electrons. The summed E-state index contributed by atoms with van der Waals surface area (Å²) in [5, 5.41) is 0. The van der Waals surface area contributed by atoms with Crippen LogP contribution >= 0.6 is 0 Å². The van der Waals surface area contributed by atoms with Gasteiger partial charge in [-0.3, -0.25) is 4.79 Å². The molecule has 0 amide bonds. The van der Waals surface area contributed by atoms with Crippen LogP contribution in [0, 0.1) is 0 Å². The lowest BCUT2D eigenvalue weighted by molar-refractivity contribution is 0.103. The van der Waals surface area contributed by atoms with E-state index in [0.717, 1.165) is 5.57 Å². The number of H-pyrrole nitrogens is 1. The van der Waals surface area contributed by atoms with Crippen molar-refractivity contribution in [2.24, 2.45) is 0 Å². The molecule has 0 aromatic carbocycles. The Morgan fingerprint density at radius 1 is 1.20 bits per heavy atom. The Bertz CT molecular complexity index is 613. The van der Waals surface area contributed by atoms with Crippen LogP contribution in [0.4, 0.5) is 0 Å². The molecule has 1 aromatic rings. The number of aromatic nitrogens is 2. The third-order valence-corrected chi connectivity index (χ3v) is 2.53. The Morgan fingerprint density at radius 3 is 2.50 bits per heavy atom. The lowest BCUT2D eigenvalue weighted by Gasteiger charge is -1.98. The Morgan fingerprint density at radius 2 is 1.90 bits per heavy atom. The average molecular weight is 266 g/mol. The highest BCUT2D eigenvalue weighted by molar-refractivity contribution is 6.07. The summed E-state index contributed by atoms with van der Waals surface area (Å²) in [6, 6.07) is 0. The molecule has 0 aliphatic carbocycles. The van der Waals surface area contributed by atoms with Gasteiger partial charge in [0.25, 0.3) is 0 Å². The van der Waals surface area contributed by atoms with E-state index >= 15 is 0 Å². The molecule has 0 bridgehead atoms. The molecule has 0 saturated carbocycles. The van der Waals surface area contributed by atoms with E-state index in [0.29, 0.717) is 17.1 Å². The standard InChI is InChI=1S/C17H18N2O/c1-5-8-11-14(10-7-3)17-18-12-15(19-17)16(20)13(4)9-6-2/h5-12H,1-3H2,4H3,(H,18,19)/b11-8-,13-9+,14-10+. The Labute approximate surface area is 119 Å². The molecule has 0 radical (unpaired) electrons. The maximum atomic E-state index is 12.1. The number of carbonyl (C=O) groups is 1. The molecule has 1 aromatic heterocycles. The first kappa shape index (κ1) is 15.4. The topological polar surface area (TPSA) is 45.8 Å². The molecule has 0 unspecified atom stereocenters. The largest absolute Gasteiger partial charge is 0.335 e. The van der Waals surface area contributed by atoms with Gasteiger partial charge >= 0.3 is 0 Å². The van der Waals surface area contributed by atoms with Crippen molar-refractivity contribution in [1.29, 1.82) is 0 Å². The zero-order chi connectivity index (χ0) is 15.0. The zero-order valence-corrected chi connectivity index (χ0v) is 11.6. The number of hydrogen-bond donors (Lipinski definition) is 1. The fourth-order valence-electron chi connectivity index (χ4n) is 1.56. The molecule has 0 fully saturated rings. The van der Waals surface area contributed by atoms with Crippen LogP contribution in [0.15, 0.2) is 74.0 Å². The molecule has 1 rings (SSSR count). The van der Waals surface area contributed by atoms with Crippen molar-refractivity contribution in [2.45, 2.75) is 6.92 Å². The van der Waals surface area contributed by atoms with E-state index in [1.807, 2.05) is 6.08 Å². The normalized spacial score (nSPS) is 12.4. The number of Topliss-reactive ketones (excluding diaryl/α,β-unsaturated/α-hetero) is 1. The Kier molecular flexibility index (Phi) is 5.91. The SMILES string of the molecule is C=C/C=C\C(=C/C=C)c1ncc(C(=O)/C(C)=C/C=C)[nH]1. The predicted molar refractivity (Wildman–Crippen MR) is 84.4 cm³/mol. The average Bonchev–Trinajstić information content (AvgIpc) is 2.92. The second-order valence-corrected chi connectivity index (χ2v) is 4.01. The van der Waals surface area contributed by atoms with Gasteiger partial charge in [-0.25, -0.2) is 4.98 Å². The second-order valence-electron chi connectivity index (χ2n) is 4.01. The van der Waals surface area contributed by atoms with Crippen molar-refractivity contribution < 1.29 is 4.79 Å². The lowest BCUT2D eigenvalue weighted by Crippen LogP contribution is -2.01. The number of nitrogens with one attached hydrogen (secondary N) is 1. The molecule has 3 nitrogen and oxygen atoms in total. The van der Waals surface area contributed by atoms with Crippen molar-refractivity contribution in [2.75, 3.05) is 0 Å². The van der Waals surface area contributed by atoms with Crippen LogP contribution in [-0.2, 0) is 0 Å². The van der Waals surface area contributed by atoms with E-state index in [1.165, 1.54) is 6.20 Å². The molecule has 0 atom stereocenters. The first-order valence-corrected chi connectivity index (χ1v) is 6.15. The van der Waals surface area contributed by atoms with E-state index in [1.54, 1.807) is 43.4 Å². The van der Waals surface area contributed by atoms with E-state index in [4.69, 9.17) is 0 Å². The summed E-state index contributed by atoms with van der Waals surface area (Å²) in [7, 11) is 0. The maximum Gasteiger partial charge on any atom is 0.206 e. The number of imidazole rings is 1. The molecular formula is C17H18N2O. The van der Waals surface area contributed by atoms with Gasteiger partial charge in [-0.05, 0) is 12.5 Å². The first-order chi connectivity index (χ1) is 9.63. The zero-order valence-electron chi connectivity index (χ0n) is 11.6. The van der Waals surface area contributed by atoms with Gasteiger partial charge in [0.1, 0.15) is 11.5 Å². The lowest BCUT2D eigenvalue weighted by atomic mass is 10.1. The molecule has 0 aliphatic rings. The van der Waals surface area contributed by atoms with E-state index in [-0.39, 0.29) is 5.78 Å². The fraction of sp³-hybridized carbons (Fsp3) is 0.0588. The first-order valence-electron chi connectivity index (χ1n) is 6.15. The van der Waals surface area contributed by atoms with Gasteiger partial charge in [-0.15, -0.1) is 0 Å². The minimum atomic E-state index is -0.102. The molecule has 0 aliphatic heterocycles. The molecule has 20 heavy (non-hydrogen) atoms. The van der Waals surface area contributed by atoms with E-state index in [9.17, 15) is 4.79 Å². The number of carbonyl (C=O) groups excluding carboxylic acids is 1. The van der Waals surface area contributed by atoms with Crippen LogP contribution in [0.3, 0.4) is 0 Å². The highest BCUT2D eigenvalue weighted by atomic mass is 16.1. The third-order valence-electron chi connectivity index (χ3n) is 2.53. The second kappa shape index (κ2) is 7.69. The van der Waals surface area contributed by atoms with Gasteiger partial charge in [0.15, 0.2) is 0 Å². The summed E-state index contributed by atoms with van der Waals surface area (Å²) in [4.78, 5) is 19.3. The number of aromatic amines is 1. The van der Waals surface area contributed by atoms with Gasteiger partial charge in [0.2, 0.25) is 5.78 Å². The van der Waals surface area contributed by atoms with Gasteiger partial charge in [0, 0.05) is 5.57 Å². The molecule has 3 heteroatoms. The number of hydrogen-bond acceptors (Lipinski definition) is 2. The monoisotopic (exact) mass is 266 g/mol. The molecule has 0 saturated heterocycles. The van der Waals surface area contributed by atoms with Crippen LogP contribution in [0.25, 0.3) is 5.57 Å². The molecular weight excluding hydrogens is 248 g/mol. The van der Waals surface area contributed by atoms with Crippen LogP contribution in [0.2, 0.25) is 0 Å². The number of ketones is 1. The minimum absolute atomic E-state index is 0.102. The van der Waals surface area contributed by atoms with Crippen molar-refractivity contribution in [1.82, 2.24) is 9.97 Å². The van der Waals surface area contributed by atoms with Gasteiger partial charge < -0.3 is 4.98 Å². The predicted octanol–water partition coefficient (Wildman–Crippen LogP) is 4.04. The van der Waals surface area contributed by atoms with E-state index < -0.39 is 0 Å². The Balaban J connectivity index is 3.10. The van der Waals surface area contributed by atoms with Crippen LogP contribution in [0.1, 0.15) is 23.2 Å². The molecule has 1 N–H and O–H groups in total. The smallest absolute Gasteiger partial charge is 0.206 e. The van der Waals surface area contributed by atoms with Crippen LogP contribution < -0.4 is 0 Å². The van der Waals surface area contributed by atoms with Gasteiger partial charge in [-0.2, -0.15) is 0 Å². The number of allylic oxidation sites excluding steroid dienone is 9. The van der Waals surface area contributed by atoms with E-state index in [2.05, 4.69) is 29.7 Å². The molecule has 0 spiro atoms. The van der Waals surface area contributed by atoms with Gasteiger partial charge in [-0.1, -0.05) is 62.3 Å². The van der Waals surface area contributed by atoms with Crippen molar-refractivity contribution in [3.63, 3.8) is 0 Å². The number of nitrogens with zero attached hydrogens (tertiary/aromatic N) is 1. The van der Waals surface area contributed by atoms with Crippen molar-refractivity contribution in [3.8, 4) is 0 Å². The van der Waals surface area contributed by atoms with Crippen molar-refractivity contribution >= 4 is 11.4 Å². The minimum Gasteiger partial charge on any atom is -0.335 e. The summed E-state index contributed by atoms with van der Waals surface area (Å²) < 4.78 is 0. The summed E-state index contributed by atoms with van der Waals surface area (Å²) >= 11 is 0. The fourth-order valence-corrected chi connectivity index (χ4v) is 1.56. The highest BCUT2D eigenvalue weighted by Crippen LogP contribution is 2.14. The summed E-state index contributed by atoms with van der Waals surface area (Å²) in [6.45, 7) is 12.6.